The first kappa shape index (κ1) is 15.4. The molecule has 0 atom stereocenters. The van der Waals surface area contributed by atoms with E-state index < -0.39 is 0 Å². The van der Waals surface area contributed by atoms with E-state index in [2.05, 4.69) is 86.3 Å². The lowest BCUT2D eigenvalue weighted by Crippen LogP contribution is -1.86. The molecule has 0 fully saturated rings. The lowest BCUT2D eigenvalue weighted by molar-refractivity contribution is 1.53. The minimum absolute atomic E-state index is 1.21. The van der Waals surface area contributed by atoms with Crippen molar-refractivity contribution in [2.45, 2.75) is 6.92 Å². The first-order valence-electron chi connectivity index (χ1n) is 8.58. The summed E-state index contributed by atoms with van der Waals surface area (Å²) in [6, 6.07) is 19.9. The molecule has 0 amide bonds. The van der Waals surface area contributed by atoms with Gasteiger partial charge < -0.3 is 0 Å². The van der Waals surface area contributed by atoms with Crippen molar-refractivity contribution in [3.63, 3.8) is 0 Å². The van der Waals surface area contributed by atoms with E-state index in [0.29, 0.717) is 0 Å². The molecular formula is C25H20. The van der Waals surface area contributed by atoms with Crippen molar-refractivity contribution in [1.82, 2.24) is 0 Å². The van der Waals surface area contributed by atoms with Gasteiger partial charge in [0.05, 0.1) is 0 Å². The lowest BCUT2D eigenvalue weighted by atomic mass is 9.92. The van der Waals surface area contributed by atoms with E-state index in [-0.39, 0.29) is 0 Å². The Morgan fingerprint density at radius 3 is 2.24 bits per heavy atom. The van der Waals surface area contributed by atoms with E-state index in [1.54, 1.807) is 6.08 Å². The van der Waals surface area contributed by atoms with Gasteiger partial charge in [0.2, 0.25) is 0 Å². The Morgan fingerprint density at radius 2 is 1.48 bits per heavy atom. The molecule has 0 radical (unpaired) electrons. The van der Waals surface area contributed by atoms with Crippen LogP contribution in [0, 0.1) is 0 Å². The molecule has 0 saturated carbocycles. The minimum Gasteiger partial charge on any atom is -0.0991 e. The van der Waals surface area contributed by atoms with Gasteiger partial charge in [-0.25, -0.2) is 0 Å². The van der Waals surface area contributed by atoms with Gasteiger partial charge >= 0.3 is 0 Å². The molecule has 25 heavy (non-hydrogen) atoms. The smallest absolute Gasteiger partial charge is 0.00208 e. The van der Waals surface area contributed by atoms with E-state index in [1.165, 1.54) is 43.5 Å². The highest BCUT2D eigenvalue weighted by Crippen LogP contribution is 2.36. The van der Waals surface area contributed by atoms with Crippen molar-refractivity contribution in [2.75, 3.05) is 0 Å². The first-order chi connectivity index (χ1) is 12.3. The van der Waals surface area contributed by atoms with Crippen LogP contribution in [0.5, 0.6) is 0 Å². The van der Waals surface area contributed by atoms with Crippen LogP contribution < -0.4 is 0 Å². The highest BCUT2D eigenvalue weighted by molar-refractivity contribution is 6.24. The second-order valence-corrected chi connectivity index (χ2v) is 6.38. The normalized spacial score (nSPS) is 13.1. The summed E-state index contributed by atoms with van der Waals surface area (Å²) < 4.78 is 0. The van der Waals surface area contributed by atoms with Crippen molar-refractivity contribution >= 4 is 38.4 Å². The predicted molar refractivity (Wildman–Crippen MR) is 112 cm³/mol. The van der Waals surface area contributed by atoms with Crippen LogP contribution in [0.2, 0.25) is 0 Å². The third-order valence-electron chi connectivity index (χ3n) is 4.69. The Balaban J connectivity index is 1.89. The molecule has 120 valence electrons. The monoisotopic (exact) mass is 320 g/mol. The van der Waals surface area contributed by atoms with E-state index >= 15 is 0 Å². The van der Waals surface area contributed by atoms with E-state index in [1.807, 2.05) is 12.2 Å². The van der Waals surface area contributed by atoms with Crippen LogP contribution in [0.15, 0.2) is 97.1 Å². The maximum atomic E-state index is 3.69. The third-order valence-corrected chi connectivity index (χ3v) is 4.69. The van der Waals surface area contributed by atoms with Gasteiger partial charge in [0.1, 0.15) is 0 Å². The Hall–Kier alpha value is -3.12. The topological polar surface area (TPSA) is 0 Å². The van der Waals surface area contributed by atoms with Crippen molar-refractivity contribution < 1.29 is 0 Å². The van der Waals surface area contributed by atoms with Crippen LogP contribution in [-0.4, -0.2) is 0 Å². The second-order valence-electron chi connectivity index (χ2n) is 6.38. The number of hydrogen-bond donors (Lipinski definition) is 0. The molecule has 0 spiro atoms. The second kappa shape index (κ2) is 6.41. The summed E-state index contributed by atoms with van der Waals surface area (Å²) in [6.45, 7) is 5.80. The predicted octanol–water partition coefficient (Wildman–Crippen LogP) is 7.29. The SMILES string of the molecule is C=C\C=C/C=C(C)/C=C/c1ccc2ccc3cccc4ccc1c2c34. The maximum absolute atomic E-state index is 3.69. The summed E-state index contributed by atoms with van der Waals surface area (Å²) in [4.78, 5) is 0. The molecule has 0 saturated heterocycles. The van der Waals surface area contributed by atoms with Gasteiger partial charge in [0, 0.05) is 0 Å². The molecule has 4 aromatic carbocycles. The van der Waals surface area contributed by atoms with Gasteiger partial charge in [-0.3, -0.25) is 0 Å². The quantitative estimate of drug-likeness (QED) is 0.273. The van der Waals surface area contributed by atoms with Crippen LogP contribution in [0.4, 0.5) is 0 Å². The van der Waals surface area contributed by atoms with Gasteiger partial charge in [-0.1, -0.05) is 103 Å². The Labute approximate surface area is 148 Å². The zero-order chi connectivity index (χ0) is 17.2. The van der Waals surface area contributed by atoms with Crippen molar-refractivity contribution in [3.8, 4) is 0 Å². The van der Waals surface area contributed by atoms with Crippen LogP contribution in [-0.2, 0) is 0 Å². The molecule has 0 heteroatoms. The molecule has 0 nitrogen and oxygen atoms in total. The van der Waals surface area contributed by atoms with Crippen LogP contribution in [0.25, 0.3) is 38.4 Å². The van der Waals surface area contributed by atoms with Gasteiger partial charge in [-0.05, 0) is 44.8 Å². The molecule has 4 rings (SSSR count). The zero-order valence-corrected chi connectivity index (χ0v) is 14.4. The molecular weight excluding hydrogens is 300 g/mol. The Kier molecular flexibility index (Phi) is 3.95. The minimum atomic E-state index is 1.21. The molecule has 4 aromatic rings. The van der Waals surface area contributed by atoms with Gasteiger partial charge in [0.15, 0.2) is 0 Å². The Morgan fingerprint density at radius 1 is 0.800 bits per heavy atom. The van der Waals surface area contributed by atoms with Crippen LogP contribution in [0.3, 0.4) is 0 Å². The molecule has 0 bridgehead atoms. The molecule has 0 unspecified atom stereocenters. The average Bonchev–Trinajstić information content (AvgIpc) is 2.65. The fraction of sp³-hybridized carbons (Fsp3) is 0.0400. The number of rotatable bonds is 4. The third kappa shape index (κ3) is 2.77. The summed E-state index contributed by atoms with van der Waals surface area (Å²) >= 11 is 0. The summed E-state index contributed by atoms with van der Waals surface area (Å²) in [5.74, 6) is 0. The van der Waals surface area contributed by atoms with E-state index in [0.717, 1.165) is 0 Å². The van der Waals surface area contributed by atoms with Crippen molar-refractivity contribution in [2.24, 2.45) is 0 Å². The number of allylic oxidation sites excluding steroid dienone is 6. The molecule has 0 aliphatic heterocycles. The fourth-order valence-corrected chi connectivity index (χ4v) is 3.47. The highest BCUT2D eigenvalue weighted by atomic mass is 14.1. The first-order valence-corrected chi connectivity index (χ1v) is 8.58. The van der Waals surface area contributed by atoms with Crippen molar-refractivity contribution in [1.29, 1.82) is 0 Å². The Bertz CT molecular complexity index is 1140. The van der Waals surface area contributed by atoms with Crippen molar-refractivity contribution in [3.05, 3.63) is 103 Å². The largest absolute Gasteiger partial charge is 0.0991 e. The fourth-order valence-electron chi connectivity index (χ4n) is 3.47. The molecule has 0 heterocycles. The average molecular weight is 320 g/mol. The number of hydrogen-bond acceptors (Lipinski definition) is 0. The summed E-state index contributed by atoms with van der Waals surface area (Å²) in [6.07, 6.45) is 12.2. The van der Waals surface area contributed by atoms with E-state index in [4.69, 9.17) is 0 Å². The summed E-state index contributed by atoms with van der Waals surface area (Å²) in [5.41, 5.74) is 2.47. The van der Waals surface area contributed by atoms with Gasteiger partial charge in [-0.15, -0.1) is 0 Å². The number of benzene rings is 4. The molecule has 0 aliphatic carbocycles. The zero-order valence-electron chi connectivity index (χ0n) is 14.4. The van der Waals surface area contributed by atoms with Crippen LogP contribution >= 0.6 is 0 Å². The molecule has 0 aromatic heterocycles. The van der Waals surface area contributed by atoms with Gasteiger partial charge in [0.25, 0.3) is 0 Å². The molecule has 0 N–H and O–H groups in total. The molecule has 0 aliphatic rings. The highest BCUT2D eigenvalue weighted by Gasteiger charge is 2.09. The summed E-state index contributed by atoms with van der Waals surface area (Å²) in [7, 11) is 0. The lowest BCUT2D eigenvalue weighted by Gasteiger charge is -2.12. The van der Waals surface area contributed by atoms with E-state index in [9.17, 15) is 0 Å². The maximum Gasteiger partial charge on any atom is -0.00208 e. The van der Waals surface area contributed by atoms with Crippen LogP contribution in [0.1, 0.15) is 12.5 Å². The standard InChI is InChI=1S/C25H20/c1-3-4-5-7-18(2)10-11-19-12-13-22-15-14-20-8-6-9-21-16-17-23(19)25(22)24(20)21/h3-17H,1H2,2H3/b5-4-,11-10+,18-7+. The van der Waals surface area contributed by atoms with Gasteiger partial charge in [-0.2, -0.15) is 0 Å². The summed E-state index contributed by atoms with van der Waals surface area (Å²) in [5, 5.41) is 7.97.